The maximum Gasteiger partial charge on any atom is 0.142 e. The van der Waals surface area contributed by atoms with Crippen LogP contribution in [0, 0.1) is 0 Å². The highest BCUT2D eigenvalue weighted by Gasteiger charge is 1.86. The number of rotatable bonds is 2. The van der Waals surface area contributed by atoms with Crippen LogP contribution >= 0.6 is 15.9 Å². The van der Waals surface area contributed by atoms with Crippen molar-refractivity contribution < 1.29 is 4.79 Å². The lowest BCUT2D eigenvalue weighted by molar-refractivity contribution is -0.104. The van der Waals surface area contributed by atoms with Crippen LogP contribution in [0.4, 0.5) is 0 Å². The molecule has 0 aromatic carbocycles. The minimum absolute atomic E-state index is 0.738. The Labute approximate surface area is 73.1 Å². The molecule has 0 unspecified atom stereocenters. The van der Waals surface area contributed by atoms with E-state index in [9.17, 15) is 4.79 Å². The van der Waals surface area contributed by atoms with Gasteiger partial charge in [-0.15, -0.1) is 0 Å². The first kappa shape index (κ1) is 8.14. The summed E-state index contributed by atoms with van der Waals surface area (Å²) in [4.78, 5) is 13.9. The summed E-state index contributed by atoms with van der Waals surface area (Å²) in [6, 6.07) is 3.70. The number of aldehydes is 1. The minimum atomic E-state index is 0.738. The summed E-state index contributed by atoms with van der Waals surface area (Å²) in [6.07, 6.45) is 5.56. The summed E-state index contributed by atoms with van der Waals surface area (Å²) in [5, 5.41) is 0. The molecule has 0 aliphatic rings. The molecule has 2 nitrogen and oxygen atoms in total. The number of aromatic nitrogens is 1. The van der Waals surface area contributed by atoms with Gasteiger partial charge in [0.1, 0.15) is 10.9 Å². The van der Waals surface area contributed by atoms with E-state index in [-0.39, 0.29) is 0 Å². The van der Waals surface area contributed by atoms with E-state index in [0.717, 1.165) is 16.5 Å². The van der Waals surface area contributed by atoms with Crippen molar-refractivity contribution in [3.8, 4) is 0 Å². The standard InChI is InChI=1S/C8H6BrNO/c9-8-4-3-7(6-10-8)2-1-5-11/h1-6H/b2-1+. The highest BCUT2D eigenvalue weighted by atomic mass is 79.9. The number of allylic oxidation sites excluding steroid dienone is 1. The van der Waals surface area contributed by atoms with E-state index in [1.807, 2.05) is 12.1 Å². The Morgan fingerprint density at radius 1 is 1.45 bits per heavy atom. The van der Waals surface area contributed by atoms with E-state index >= 15 is 0 Å². The first-order chi connectivity index (χ1) is 5.33. The summed E-state index contributed by atoms with van der Waals surface area (Å²) in [6.45, 7) is 0. The Morgan fingerprint density at radius 2 is 2.27 bits per heavy atom. The van der Waals surface area contributed by atoms with E-state index in [2.05, 4.69) is 20.9 Å². The number of carbonyl (C=O) groups is 1. The molecule has 0 amide bonds. The maximum absolute atomic E-state index is 9.93. The molecule has 56 valence electrons. The van der Waals surface area contributed by atoms with Gasteiger partial charge in [-0.1, -0.05) is 12.1 Å². The van der Waals surface area contributed by atoms with Gasteiger partial charge in [-0.05, 0) is 33.6 Å². The Hall–Kier alpha value is -0.960. The Kier molecular flexibility index (Phi) is 2.98. The first-order valence-corrected chi connectivity index (χ1v) is 3.85. The van der Waals surface area contributed by atoms with Gasteiger partial charge in [-0.25, -0.2) is 4.98 Å². The summed E-state index contributed by atoms with van der Waals surface area (Å²) in [5.41, 5.74) is 0.917. The lowest BCUT2D eigenvalue weighted by Gasteiger charge is -1.90. The molecule has 1 rings (SSSR count). The van der Waals surface area contributed by atoms with Gasteiger partial charge in [0.05, 0.1) is 0 Å². The normalized spacial score (nSPS) is 10.3. The first-order valence-electron chi connectivity index (χ1n) is 3.06. The van der Waals surface area contributed by atoms with Crippen molar-refractivity contribution in [3.05, 3.63) is 34.6 Å². The van der Waals surface area contributed by atoms with E-state index in [0.29, 0.717) is 0 Å². The fraction of sp³-hybridized carbons (Fsp3) is 0. The average Bonchev–Trinajstić information content (AvgIpc) is 2.04. The third-order valence-corrected chi connectivity index (χ3v) is 1.59. The van der Waals surface area contributed by atoms with Crippen LogP contribution in [0.5, 0.6) is 0 Å². The molecular formula is C8H6BrNO. The van der Waals surface area contributed by atoms with Crippen LogP contribution in [-0.2, 0) is 4.79 Å². The third kappa shape index (κ3) is 2.63. The monoisotopic (exact) mass is 211 g/mol. The SMILES string of the molecule is O=C/C=C/c1ccc(Br)nc1. The number of halogens is 1. The Morgan fingerprint density at radius 3 is 2.82 bits per heavy atom. The molecule has 0 bridgehead atoms. The zero-order valence-electron chi connectivity index (χ0n) is 5.70. The Bertz CT molecular complexity index is 266. The number of carbonyl (C=O) groups excluding carboxylic acids is 1. The third-order valence-electron chi connectivity index (χ3n) is 1.12. The van der Waals surface area contributed by atoms with Crippen molar-refractivity contribution in [2.24, 2.45) is 0 Å². The molecule has 3 heteroatoms. The topological polar surface area (TPSA) is 30.0 Å². The molecule has 0 fully saturated rings. The molecule has 0 atom stereocenters. The molecule has 0 aliphatic carbocycles. The van der Waals surface area contributed by atoms with Crippen LogP contribution < -0.4 is 0 Å². The number of nitrogens with zero attached hydrogens (tertiary/aromatic N) is 1. The van der Waals surface area contributed by atoms with Gasteiger partial charge in [0.15, 0.2) is 0 Å². The van der Waals surface area contributed by atoms with Crippen LogP contribution in [0.25, 0.3) is 6.08 Å². The fourth-order valence-corrected chi connectivity index (χ4v) is 0.871. The molecule has 0 saturated heterocycles. The van der Waals surface area contributed by atoms with Crippen molar-refractivity contribution >= 4 is 28.3 Å². The molecule has 0 spiro atoms. The lowest BCUT2D eigenvalue weighted by Crippen LogP contribution is -1.76. The molecule has 1 heterocycles. The summed E-state index contributed by atoms with van der Waals surface area (Å²) < 4.78 is 0.792. The number of hydrogen-bond donors (Lipinski definition) is 0. The van der Waals surface area contributed by atoms with Crippen molar-refractivity contribution in [1.29, 1.82) is 0 Å². The van der Waals surface area contributed by atoms with Crippen LogP contribution in [-0.4, -0.2) is 11.3 Å². The van der Waals surface area contributed by atoms with E-state index in [1.165, 1.54) is 6.08 Å². The summed E-state index contributed by atoms with van der Waals surface area (Å²) >= 11 is 3.21. The molecule has 0 N–H and O–H groups in total. The molecule has 0 aliphatic heterocycles. The second-order valence-electron chi connectivity index (χ2n) is 1.91. The molecule has 0 radical (unpaired) electrons. The van der Waals surface area contributed by atoms with Crippen LogP contribution in [0.3, 0.4) is 0 Å². The maximum atomic E-state index is 9.93. The van der Waals surface area contributed by atoms with E-state index in [1.54, 1.807) is 12.3 Å². The number of hydrogen-bond acceptors (Lipinski definition) is 2. The highest BCUT2D eigenvalue weighted by Crippen LogP contribution is 2.06. The second kappa shape index (κ2) is 4.03. The summed E-state index contributed by atoms with van der Waals surface area (Å²) in [7, 11) is 0. The smallest absolute Gasteiger partial charge is 0.142 e. The predicted octanol–water partition coefficient (Wildman–Crippen LogP) is 2.06. The molecule has 11 heavy (non-hydrogen) atoms. The predicted molar refractivity (Wildman–Crippen MR) is 47.0 cm³/mol. The average molecular weight is 212 g/mol. The molecule has 1 aromatic rings. The van der Waals surface area contributed by atoms with Crippen LogP contribution in [0.1, 0.15) is 5.56 Å². The van der Waals surface area contributed by atoms with Gasteiger partial charge in [-0.3, -0.25) is 4.79 Å². The Balaban J connectivity index is 2.81. The van der Waals surface area contributed by atoms with Crippen molar-refractivity contribution in [2.75, 3.05) is 0 Å². The van der Waals surface area contributed by atoms with Gasteiger partial charge in [-0.2, -0.15) is 0 Å². The largest absolute Gasteiger partial charge is 0.299 e. The van der Waals surface area contributed by atoms with Gasteiger partial charge in [0, 0.05) is 6.20 Å². The number of pyridine rings is 1. The van der Waals surface area contributed by atoms with E-state index < -0.39 is 0 Å². The summed E-state index contributed by atoms with van der Waals surface area (Å²) in [5.74, 6) is 0. The minimum Gasteiger partial charge on any atom is -0.299 e. The quantitative estimate of drug-likeness (QED) is 0.426. The molecular weight excluding hydrogens is 206 g/mol. The highest BCUT2D eigenvalue weighted by molar-refractivity contribution is 9.10. The van der Waals surface area contributed by atoms with Crippen LogP contribution in [0.2, 0.25) is 0 Å². The second-order valence-corrected chi connectivity index (χ2v) is 2.72. The van der Waals surface area contributed by atoms with Gasteiger partial charge < -0.3 is 0 Å². The van der Waals surface area contributed by atoms with Crippen molar-refractivity contribution in [1.82, 2.24) is 4.98 Å². The molecule has 0 saturated carbocycles. The fourth-order valence-electron chi connectivity index (χ4n) is 0.636. The lowest BCUT2D eigenvalue weighted by atomic mass is 10.3. The van der Waals surface area contributed by atoms with Crippen molar-refractivity contribution in [2.45, 2.75) is 0 Å². The van der Waals surface area contributed by atoms with Gasteiger partial charge >= 0.3 is 0 Å². The zero-order chi connectivity index (χ0) is 8.10. The van der Waals surface area contributed by atoms with Crippen molar-refractivity contribution in [3.63, 3.8) is 0 Å². The van der Waals surface area contributed by atoms with E-state index in [4.69, 9.17) is 0 Å². The zero-order valence-corrected chi connectivity index (χ0v) is 7.28. The van der Waals surface area contributed by atoms with Crippen LogP contribution in [0.15, 0.2) is 29.0 Å². The van der Waals surface area contributed by atoms with Gasteiger partial charge in [0.25, 0.3) is 0 Å². The van der Waals surface area contributed by atoms with Gasteiger partial charge in [0.2, 0.25) is 0 Å². The molecule has 1 aromatic heterocycles.